The van der Waals surface area contributed by atoms with Crippen molar-refractivity contribution < 1.29 is 31.5 Å². The molecule has 1 saturated heterocycles. The van der Waals surface area contributed by atoms with Crippen molar-refractivity contribution >= 4 is 17.7 Å². The van der Waals surface area contributed by atoms with Crippen molar-refractivity contribution in [2.24, 2.45) is 0 Å². The first kappa shape index (κ1) is 21.8. The minimum absolute atomic E-state index is 0.134. The van der Waals surface area contributed by atoms with E-state index in [-0.39, 0.29) is 11.1 Å². The number of halogens is 5. The average Bonchev–Trinajstić information content (AvgIpc) is 2.72. The highest BCUT2D eigenvalue weighted by molar-refractivity contribution is 5.92. The van der Waals surface area contributed by atoms with Crippen LogP contribution in [0.3, 0.4) is 0 Å². The minimum Gasteiger partial charge on any atom is -0.378 e. The Hall–Kier alpha value is -2.94. The molecule has 1 amide bonds. The summed E-state index contributed by atoms with van der Waals surface area (Å²) in [5.74, 6) is -2.62. The van der Waals surface area contributed by atoms with Crippen LogP contribution in [0.1, 0.15) is 17.2 Å². The van der Waals surface area contributed by atoms with Crippen molar-refractivity contribution in [1.82, 2.24) is 5.32 Å². The van der Waals surface area contributed by atoms with Gasteiger partial charge in [-0.1, -0.05) is 12.1 Å². The number of anilines is 1. The molecule has 1 unspecified atom stereocenters. The molecule has 2 aromatic carbocycles. The van der Waals surface area contributed by atoms with Gasteiger partial charge in [0.25, 0.3) is 0 Å². The fourth-order valence-corrected chi connectivity index (χ4v) is 3.07. The number of rotatable bonds is 5. The van der Waals surface area contributed by atoms with Gasteiger partial charge in [0.15, 0.2) is 6.04 Å². The van der Waals surface area contributed by atoms with Gasteiger partial charge >= 0.3 is 6.18 Å². The Labute approximate surface area is 169 Å². The number of alkyl halides is 3. The topological polar surface area (TPSA) is 41.6 Å². The number of nitrogens with zero attached hydrogens (tertiary/aromatic N) is 1. The summed E-state index contributed by atoms with van der Waals surface area (Å²) in [6.45, 7) is 2.05. The van der Waals surface area contributed by atoms with Crippen LogP contribution in [0.25, 0.3) is 6.08 Å². The highest BCUT2D eigenvalue weighted by atomic mass is 19.4. The fourth-order valence-electron chi connectivity index (χ4n) is 3.07. The van der Waals surface area contributed by atoms with Crippen LogP contribution in [-0.4, -0.2) is 38.4 Å². The normalized spacial score (nSPS) is 16.0. The predicted octanol–water partition coefficient (Wildman–Crippen LogP) is 4.23. The Morgan fingerprint density at radius 3 is 2.53 bits per heavy atom. The minimum atomic E-state index is -4.75. The lowest BCUT2D eigenvalue weighted by Gasteiger charge is -2.30. The summed E-state index contributed by atoms with van der Waals surface area (Å²) in [6, 6.07) is 6.17. The van der Waals surface area contributed by atoms with E-state index >= 15 is 0 Å². The van der Waals surface area contributed by atoms with Gasteiger partial charge in [-0.25, -0.2) is 8.78 Å². The van der Waals surface area contributed by atoms with Crippen molar-refractivity contribution in [2.45, 2.75) is 12.2 Å². The number of hydrogen-bond donors (Lipinski definition) is 1. The zero-order valence-corrected chi connectivity index (χ0v) is 15.8. The van der Waals surface area contributed by atoms with Gasteiger partial charge in [0, 0.05) is 30.4 Å². The zero-order valence-electron chi connectivity index (χ0n) is 15.8. The highest BCUT2D eigenvalue weighted by Gasteiger charge is 2.41. The standard InChI is InChI=1S/C21H19F5N2O2/c22-16-5-6-18(23)14(12-16)4-7-19(29)27-20(21(24,25)26)15-2-1-3-17(13-15)28-8-10-30-11-9-28/h1-7,12-13,20H,8-11H2,(H,27,29)/b7-4+. The molecule has 160 valence electrons. The van der Waals surface area contributed by atoms with Crippen molar-refractivity contribution in [3.05, 3.63) is 71.3 Å². The van der Waals surface area contributed by atoms with Gasteiger partial charge in [-0.2, -0.15) is 13.2 Å². The SMILES string of the molecule is O=C(/C=C/c1cc(F)ccc1F)NC(c1cccc(N2CCOCC2)c1)C(F)(F)F. The predicted molar refractivity (Wildman–Crippen MR) is 102 cm³/mol. The van der Waals surface area contributed by atoms with E-state index in [2.05, 4.69) is 0 Å². The summed E-state index contributed by atoms with van der Waals surface area (Å²) < 4.78 is 73.0. The summed E-state index contributed by atoms with van der Waals surface area (Å²) in [5, 5.41) is 1.90. The summed E-state index contributed by atoms with van der Waals surface area (Å²) in [4.78, 5) is 14.0. The summed E-state index contributed by atoms with van der Waals surface area (Å²) in [7, 11) is 0. The number of hydrogen-bond acceptors (Lipinski definition) is 3. The Kier molecular flexibility index (Phi) is 6.71. The third kappa shape index (κ3) is 5.56. The zero-order chi connectivity index (χ0) is 21.7. The lowest BCUT2D eigenvalue weighted by Crippen LogP contribution is -2.38. The van der Waals surface area contributed by atoms with E-state index in [1.165, 1.54) is 18.2 Å². The molecular weight excluding hydrogens is 407 g/mol. The third-order valence-electron chi connectivity index (χ3n) is 4.57. The second-order valence-electron chi connectivity index (χ2n) is 6.68. The maximum Gasteiger partial charge on any atom is 0.412 e. The Balaban J connectivity index is 1.79. The summed E-state index contributed by atoms with van der Waals surface area (Å²) in [5.41, 5.74) is 0.213. The lowest BCUT2D eigenvalue weighted by molar-refractivity contribution is -0.162. The van der Waals surface area contributed by atoms with Crippen LogP contribution in [0.15, 0.2) is 48.5 Å². The van der Waals surface area contributed by atoms with Gasteiger partial charge in [-0.15, -0.1) is 0 Å². The van der Waals surface area contributed by atoms with E-state index in [1.54, 1.807) is 6.07 Å². The van der Waals surface area contributed by atoms with Crippen LogP contribution in [0.4, 0.5) is 27.6 Å². The van der Waals surface area contributed by atoms with Crippen LogP contribution >= 0.6 is 0 Å². The molecule has 1 N–H and O–H groups in total. The summed E-state index contributed by atoms with van der Waals surface area (Å²) >= 11 is 0. The van der Waals surface area contributed by atoms with E-state index in [9.17, 15) is 26.7 Å². The quantitative estimate of drug-likeness (QED) is 0.575. The average molecular weight is 426 g/mol. The molecule has 0 saturated carbocycles. The van der Waals surface area contributed by atoms with Gasteiger partial charge in [-0.3, -0.25) is 4.79 Å². The molecule has 4 nitrogen and oxygen atoms in total. The molecule has 0 aliphatic carbocycles. The number of amides is 1. The number of carbonyl (C=O) groups excluding carboxylic acids is 1. The molecule has 0 aromatic heterocycles. The number of benzene rings is 2. The molecular formula is C21H19F5N2O2. The van der Waals surface area contributed by atoms with E-state index in [0.717, 1.165) is 30.4 Å². The second kappa shape index (κ2) is 9.25. The molecule has 1 heterocycles. The second-order valence-corrected chi connectivity index (χ2v) is 6.68. The first-order chi connectivity index (χ1) is 14.2. The van der Waals surface area contributed by atoms with E-state index < -0.39 is 29.8 Å². The Morgan fingerprint density at radius 2 is 1.83 bits per heavy atom. The van der Waals surface area contributed by atoms with Gasteiger partial charge < -0.3 is 15.0 Å². The van der Waals surface area contributed by atoms with E-state index in [0.29, 0.717) is 32.0 Å². The van der Waals surface area contributed by atoms with Crippen LogP contribution in [0, 0.1) is 11.6 Å². The monoisotopic (exact) mass is 426 g/mol. The molecule has 3 rings (SSSR count). The van der Waals surface area contributed by atoms with Crippen molar-refractivity contribution in [2.75, 3.05) is 31.2 Å². The maximum absolute atomic E-state index is 13.6. The molecule has 1 aliphatic heterocycles. The molecule has 30 heavy (non-hydrogen) atoms. The molecule has 0 spiro atoms. The molecule has 0 radical (unpaired) electrons. The van der Waals surface area contributed by atoms with Gasteiger partial charge in [0.2, 0.25) is 5.91 Å². The lowest BCUT2D eigenvalue weighted by atomic mass is 10.0. The molecule has 2 aromatic rings. The third-order valence-corrected chi connectivity index (χ3v) is 4.57. The van der Waals surface area contributed by atoms with Crippen LogP contribution in [0.5, 0.6) is 0 Å². The smallest absolute Gasteiger partial charge is 0.378 e. The van der Waals surface area contributed by atoms with Gasteiger partial charge in [0.05, 0.1) is 13.2 Å². The van der Waals surface area contributed by atoms with Crippen molar-refractivity contribution in [3.8, 4) is 0 Å². The van der Waals surface area contributed by atoms with Crippen LogP contribution in [0.2, 0.25) is 0 Å². The first-order valence-electron chi connectivity index (χ1n) is 9.17. The first-order valence-corrected chi connectivity index (χ1v) is 9.17. The Morgan fingerprint density at radius 1 is 1.10 bits per heavy atom. The molecule has 9 heteroatoms. The number of ether oxygens (including phenoxy) is 1. The molecule has 1 aliphatic rings. The van der Waals surface area contributed by atoms with E-state index in [4.69, 9.17) is 4.74 Å². The van der Waals surface area contributed by atoms with Gasteiger partial charge in [-0.05, 0) is 42.0 Å². The molecule has 0 bridgehead atoms. The number of morpholine rings is 1. The van der Waals surface area contributed by atoms with Gasteiger partial charge in [0.1, 0.15) is 11.6 Å². The highest BCUT2D eigenvalue weighted by Crippen LogP contribution is 2.34. The largest absolute Gasteiger partial charge is 0.412 e. The Bertz CT molecular complexity index is 924. The summed E-state index contributed by atoms with van der Waals surface area (Å²) in [6.07, 6.45) is -3.09. The molecule has 1 atom stereocenters. The molecule has 1 fully saturated rings. The van der Waals surface area contributed by atoms with Crippen molar-refractivity contribution in [1.29, 1.82) is 0 Å². The number of carbonyl (C=O) groups is 1. The van der Waals surface area contributed by atoms with E-state index in [1.807, 2.05) is 10.2 Å². The fraction of sp³-hybridized carbons (Fsp3) is 0.286. The van der Waals surface area contributed by atoms with Crippen LogP contribution < -0.4 is 10.2 Å². The van der Waals surface area contributed by atoms with Crippen LogP contribution in [-0.2, 0) is 9.53 Å². The maximum atomic E-state index is 13.6. The van der Waals surface area contributed by atoms with Crippen molar-refractivity contribution in [3.63, 3.8) is 0 Å². The number of nitrogens with one attached hydrogen (secondary N) is 1.